The molecule has 0 aliphatic heterocycles. The Hall–Kier alpha value is -1.02. The Bertz CT molecular complexity index is 356. The highest BCUT2D eigenvalue weighted by molar-refractivity contribution is 5.28. The molecule has 0 saturated heterocycles. The van der Waals surface area contributed by atoms with Gasteiger partial charge in [-0.1, -0.05) is 25.5 Å². The van der Waals surface area contributed by atoms with E-state index in [-0.39, 0.29) is 0 Å². The van der Waals surface area contributed by atoms with E-state index in [1.807, 2.05) is 7.05 Å². The molecule has 0 atom stereocenters. The SMILES string of the molecule is CCC1CCC(Oc2cccc(CNC)c2)CC1. The summed E-state index contributed by atoms with van der Waals surface area (Å²) in [4.78, 5) is 0. The fourth-order valence-electron chi connectivity index (χ4n) is 2.78. The van der Waals surface area contributed by atoms with E-state index >= 15 is 0 Å². The summed E-state index contributed by atoms with van der Waals surface area (Å²) in [6, 6.07) is 8.45. The number of benzene rings is 1. The first kappa shape index (κ1) is 13.4. The maximum atomic E-state index is 6.11. The molecular weight excluding hydrogens is 222 g/mol. The van der Waals surface area contributed by atoms with Gasteiger partial charge in [-0.25, -0.2) is 0 Å². The van der Waals surface area contributed by atoms with Crippen molar-refractivity contribution in [3.63, 3.8) is 0 Å². The van der Waals surface area contributed by atoms with Gasteiger partial charge < -0.3 is 10.1 Å². The van der Waals surface area contributed by atoms with Crippen molar-refractivity contribution in [1.82, 2.24) is 5.32 Å². The number of nitrogens with one attached hydrogen (secondary N) is 1. The Balaban J connectivity index is 1.87. The monoisotopic (exact) mass is 247 g/mol. The fourth-order valence-corrected chi connectivity index (χ4v) is 2.78. The minimum atomic E-state index is 0.428. The lowest BCUT2D eigenvalue weighted by Crippen LogP contribution is -2.23. The second-order valence-electron chi connectivity index (χ2n) is 5.35. The molecule has 1 aliphatic carbocycles. The van der Waals surface area contributed by atoms with Crippen molar-refractivity contribution >= 4 is 0 Å². The molecule has 2 rings (SSSR count). The molecular formula is C16H25NO. The Morgan fingerprint density at radius 1 is 1.22 bits per heavy atom. The topological polar surface area (TPSA) is 21.3 Å². The molecule has 0 bridgehead atoms. The molecule has 2 nitrogen and oxygen atoms in total. The largest absolute Gasteiger partial charge is 0.490 e. The average molecular weight is 247 g/mol. The van der Waals surface area contributed by atoms with Crippen LogP contribution in [0.2, 0.25) is 0 Å². The highest BCUT2D eigenvalue weighted by Crippen LogP contribution is 2.29. The van der Waals surface area contributed by atoms with E-state index in [1.54, 1.807) is 0 Å². The quantitative estimate of drug-likeness (QED) is 0.855. The van der Waals surface area contributed by atoms with Crippen LogP contribution in [0.1, 0.15) is 44.6 Å². The second-order valence-corrected chi connectivity index (χ2v) is 5.35. The van der Waals surface area contributed by atoms with Gasteiger partial charge in [0.15, 0.2) is 0 Å². The van der Waals surface area contributed by atoms with E-state index in [2.05, 4.69) is 36.5 Å². The zero-order valence-corrected chi connectivity index (χ0v) is 11.6. The Labute approximate surface area is 111 Å². The third-order valence-electron chi connectivity index (χ3n) is 3.95. The maximum absolute atomic E-state index is 6.11. The standard InChI is InChI=1S/C16H25NO/c1-3-13-7-9-15(10-8-13)18-16-6-4-5-14(11-16)12-17-2/h4-6,11,13,15,17H,3,7-10,12H2,1-2H3. The van der Waals surface area contributed by atoms with Crippen molar-refractivity contribution in [3.8, 4) is 5.75 Å². The van der Waals surface area contributed by atoms with Gasteiger partial charge in [0.05, 0.1) is 6.10 Å². The first-order valence-corrected chi connectivity index (χ1v) is 7.22. The Morgan fingerprint density at radius 3 is 2.67 bits per heavy atom. The third kappa shape index (κ3) is 3.74. The van der Waals surface area contributed by atoms with E-state index in [0.717, 1.165) is 18.2 Å². The van der Waals surface area contributed by atoms with Crippen LogP contribution in [-0.2, 0) is 6.54 Å². The van der Waals surface area contributed by atoms with Crippen LogP contribution in [0.5, 0.6) is 5.75 Å². The van der Waals surface area contributed by atoms with E-state index < -0.39 is 0 Å². The summed E-state index contributed by atoms with van der Waals surface area (Å²) < 4.78 is 6.11. The van der Waals surface area contributed by atoms with Crippen molar-refractivity contribution in [3.05, 3.63) is 29.8 Å². The number of rotatable bonds is 5. The zero-order chi connectivity index (χ0) is 12.8. The van der Waals surface area contributed by atoms with Crippen molar-refractivity contribution in [2.75, 3.05) is 7.05 Å². The lowest BCUT2D eigenvalue weighted by molar-refractivity contribution is 0.130. The predicted octanol–water partition coefficient (Wildman–Crippen LogP) is 3.75. The second kappa shape index (κ2) is 6.79. The van der Waals surface area contributed by atoms with Crippen LogP contribution < -0.4 is 10.1 Å². The highest BCUT2D eigenvalue weighted by atomic mass is 16.5. The fraction of sp³-hybridized carbons (Fsp3) is 0.625. The van der Waals surface area contributed by atoms with Gasteiger partial charge in [0, 0.05) is 6.54 Å². The molecule has 1 aliphatic rings. The Kier molecular flexibility index (Phi) is 5.06. The molecule has 100 valence electrons. The highest BCUT2D eigenvalue weighted by Gasteiger charge is 2.21. The van der Waals surface area contributed by atoms with Gasteiger partial charge in [0.1, 0.15) is 5.75 Å². The van der Waals surface area contributed by atoms with Crippen LogP contribution in [0, 0.1) is 5.92 Å². The van der Waals surface area contributed by atoms with E-state index in [9.17, 15) is 0 Å². The summed E-state index contributed by atoms with van der Waals surface area (Å²) >= 11 is 0. The minimum absolute atomic E-state index is 0.428. The normalized spacial score (nSPS) is 23.9. The smallest absolute Gasteiger partial charge is 0.120 e. The van der Waals surface area contributed by atoms with Crippen LogP contribution in [0.15, 0.2) is 24.3 Å². The molecule has 0 aromatic heterocycles. The molecule has 1 aromatic rings. The van der Waals surface area contributed by atoms with Gasteiger partial charge in [-0.3, -0.25) is 0 Å². The number of hydrogen-bond donors (Lipinski definition) is 1. The van der Waals surface area contributed by atoms with Crippen LogP contribution >= 0.6 is 0 Å². The molecule has 0 radical (unpaired) electrons. The molecule has 1 saturated carbocycles. The van der Waals surface area contributed by atoms with Crippen molar-refractivity contribution in [2.24, 2.45) is 5.92 Å². The van der Waals surface area contributed by atoms with Gasteiger partial charge in [-0.15, -0.1) is 0 Å². The van der Waals surface area contributed by atoms with Gasteiger partial charge in [-0.2, -0.15) is 0 Å². The van der Waals surface area contributed by atoms with E-state index in [0.29, 0.717) is 6.10 Å². The van der Waals surface area contributed by atoms with Crippen LogP contribution in [0.4, 0.5) is 0 Å². The summed E-state index contributed by atoms with van der Waals surface area (Å²) in [6.45, 7) is 3.20. The molecule has 2 heteroatoms. The first-order valence-electron chi connectivity index (χ1n) is 7.22. The Morgan fingerprint density at radius 2 is 2.00 bits per heavy atom. The predicted molar refractivity (Wildman–Crippen MR) is 75.9 cm³/mol. The molecule has 0 amide bonds. The zero-order valence-electron chi connectivity index (χ0n) is 11.6. The summed E-state index contributed by atoms with van der Waals surface area (Å²) in [5.41, 5.74) is 1.29. The number of ether oxygens (including phenoxy) is 1. The molecule has 0 spiro atoms. The molecule has 1 N–H and O–H groups in total. The molecule has 0 unspecified atom stereocenters. The summed E-state index contributed by atoms with van der Waals surface area (Å²) in [5.74, 6) is 1.96. The summed E-state index contributed by atoms with van der Waals surface area (Å²) in [7, 11) is 1.97. The van der Waals surface area contributed by atoms with Gasteiger partial charge in [0.25, 0.3) is 0 Å². The third-order valence-corrected chi connectivity index (χ3v) is 3.95. The maximum Gasteiger partial charge on any atom is 0.120 e. The average Bonchev–Trinajstić information content (AvgIpc) is 2.40. The summed E-state index contributed by atoms with van der Waals surface area (Å²) in [6.07, 6.45) is 6.85. The first-order chi connectivity index (χ1) is 8.81. The summed E-state index contributed by atoms with van der Waals surface area (Å²) in [5, 5.41) is 3.17. The lowest BCUT2D eigenvalue weighted by atomic mass is 9.86. The van der Waals surface area contributed by atoms with Crippen LogP contribution in [0.3, 0.4) is 0 Å². The van der Waals surface area contributed by atoms with Crippen molar-refractivity contribution in [2.45, 2.75) is 51.7 Å². The van der Waals surface area contributed by atoms with Gasteiger partial charge >= 0.3 is 0 Å². The van der Waals surface area contributed by atoms with E-state index in [1.165, 1.54) is 37.7 Å². The number of hydrogen-bond acceptors (Lipinski definition) is 2. The molecule has 1 aromatic carbocycles. The van der Waals surface area contributed by atoms with Gasteiger partial charge in [0.2, 0.25) is 0 Å². The van der Waals surface area contributed by atoms with Crippen LogP contribution in [-0.4, -0.2) is 13.2 Å². The molecule has 0 heterocycles. The molecule has 18 heavy (non-hydrogen) atoms. The van der Waals surface area contributed by atoms with Gasteiger partial charge in [-0.05, 0) is 56.3 Å². The lowest BCUT2D eigenvalue weighted by Gasteiger charge is -2.28. The molecule has 1 fully saturated rings. The minimum Gasteiger partial charge on any atom is -0.490 e. The van der Waals surface area contributed by atoms with E-state index in [4.69, 9.17) is 4.74 Å². The van der Waals surface area contributed by atoms with Crippen molar-refractivity contribution < 1.29 is 4.74 Å². The van der Waals surface area contributed by atoms with Crippen LogP contribution in [0.25, 0.3) is 0 Å². The van der Waals surface area contributed by atoms with Crippen molar-refractivity contribution in [1.29, 1.82) is 0 Å².